The van der Waals surface area contributed by atoms with Gasteiger partial charge in [0.2, 0.25) is 0 Å². The summed E-state index contributed by atoms with van der Waals surface area (Å²) >= 11 is 0. The molecule has 0 saturated heterocycles. The zero-order chi connectivity index (χ0) is 11.3. The summed E-state index contributed by atoms with van der Waals surface area (Å²) in [5.74, 6) is 0. The molecule has 1 aromatic heterocycles. The number of hydrogen-bond donors (Lipinski definition) is 1. The van der Waals surface area contributed by atoms with Crippen LogP contribution in [0.4, 0.5) is 0 Å². The van der Waals surface area contributed by atoms with Gasteiger partial charge in [-0.2, -0.15) is 0 Å². The second-order valence-corrected chi connectivity index (χ2v) is 3.94. The van der Waals surface area contributed by atoms with Gasteiger partial charge < -0.3 is 9.88 Å². The summed E-state index contributed by atoms with van der Waals surface area (Å²) in [6, 6.07) is 2.29. The van der Waals surface area contributed by atoms with E-state index in [-0.39, 0.29) is 0 Å². The third-order valence-corrected chi connectivity index (χ3v) is 2.82. The van der Waals surface area contributed by atoms with Crippen LogP contribution in [-0.2, 0) is 20.1 Å². The summed E-state index contributed by atoms with van der Waals surface area (Å²) in [5.41, 5.74) is 2.76. The molecule has 1 aromatic rings. The molecule has 0 amide bonds. The minimum atomic E-state index is 0.939. The van der Waals surface area contributed by atoms with Gasteiger partial charge >= 0.3 is 0 Å². The molecule has 1 rings (SSSR count). The summed E-state index contributed by atoms with van der Waals surface area (Å²) in [6.45, 7) is 8.65. The molecule has 1 N–H and O–H groups in total. The molecule has 0 aliphatic rings. The maximum Gasteiger partial charge on any atom is 0.0356 e. The van der Waals surface area contributed by atoms with E-state index in [9.17, 15) is 0 Å². The molecule has 0 bridgehead atoms. The Hall–Kier alpha value is -0.800. The Morgan fingerprint density at radius 1 is 1.33 bits per heavy atom. The van der Waals surface area contributed by atoms with Gasteiger partial charge in [0.1, 0.15) is 0 Å². The molecule has 0 atom stereocenters. The van der Waals surface area contributed by atoms with Crippen LogP contribution >= 0.6 is 0 Å². The Kier molecular flexibility index (Phi) is 4.85. The molecule has 0 radical (unpaired) electrons. The van der Waals surface area contributed by atoms with Crippen molar-refractivity contribution < 1.29 is 0 Å². The van der Waals surface area contributed by atoms with Crippen LogP contribution in [0, 0.1) is 0 Å². The molecule has 0 spiro atoms. The molecule has 0 unspecified atom stereocenters. The molecular formula is C12H23N3. The van der Waals surface area contributed by atoms with Crippen LogP contribution in [0.1, 0.15) is 25.1 Å². The monoisotopic (exact) mass is 209 g/mol. The van der Waals surface area contributed by atoms with Crippen molar-refractivity contribution in [2.75, 3.05) is 20.1 Å². The largest absolute Gasteiger partial charge is 0.353 e. The zero-order valence-electron chi connectivity index (χ0n) is 10.4. The van der Waals surface area contributed by atoms with Crippen LogP contribution in [0.15, 0.2) is 12.3 Å². The van der Waals surface area contributed by atoms with Crippen LogP contribution in [0.3, 0.4) is 0 Å². The lowest BCUT2D eigenvalue weighted by molar-refractivity contribution is 0.296. The fraction of sp³-hybridized carbons (Fsp3) is 0.667. The van der Waals surface area contributed by atoms with Crippen LogP contribution in [0.5, 0.6) is 0 Å². The van der Waals surface area contributed by atoms with Crippen LogP contribution in [-0.4, -0.2) is 29.6 Å². The normalized spacial score (nSPS) is 11.3. The van der Waals surface area contributed by atoms with E-state index < -0.39 is 0 Å². The third-order valence-electron chi connectivity index (χ3n) is 2.82. The fourth-order valence-electron chi connectivity index (χ4n) is 1.83. The Bertz CT molecular complexity index is 287. The molecule has 0 aliphatic heterocycles. The van der Waals surface area contributed by atoms with Gasteiger partial charge in [0.25, 0.3) is 0 Å². The topological polar surface area (TPSA) is 20.2 Å². The van der Waals surface area contributed by atoms with Crippen molar-refractivity contribution >= 4 is 0 Å². The first-order valence-corrected chi connectivity index (χ1v) is 5.72. The van der Waals surface area contributed by atoms with Crippen molar-refractivity contribution in [2.45, 2.75) is 26.9 Å². The molecule has 0 aliphatic carbocycles. The molecule has 1 heterocycles. The SMILES string of the molecule is CCN(CC)Cc1cc(CNC)n(C)c1. The minimum Gasteiger partial charge on any atom is -0.353 e. The highest BCUT2D eigenvalue weighted by atomic mass is 15.1. The second kappa shape index (κ2) is 5.93. The summed E-state index contributed by atoms with van der Waals surface area (Å²) < 4.78 is 2.20. The van der Waals surface area contributed by atoms with Gasteiger partial charge in [-0.25, -0.2) is 0 Å². The van der Waals surface area contributed by atoms with Crippen LogP contribution < -0.4 is 5.32 Å². The van der Waals surface area contributed by atoms with Gasteiger partial charge in [-0.15, -0.1) is 0 Å². The van der Waals surface area contributed by atoms with Crippen molar-refractivity contribution in [3.05, 3.63) is 23.5 Å². The van der Waals surface area contributed by atoms with E-state index in [1.165, 1.54) is 11.3 Å². The first kappa shape index (κ1) is 12.3. The van der Waals surface area contributed by atoms with Gasteiger partial charge in [0.15, 0.2) is 0 Å². The maximum atomic E-state index is 3.19. The van der Waals surface area contributed by atoms with Crippen molar-refractivity contribution in [3.8, 4) is 0 Å². The first-order valence-electron chi connectivity index (χ1n) is 5.72. The third kappa shape index (κ3) is 3.36. The smallest absolute Gasteiger partial charge is 0.0356 e. The molecule has 3 heteroatoms. The number of nitrogens with one attached hydrogen (secondary N) is 1. The molecule has 86 valence electrons. The Balaban J connectivity index is 2.65. The van der Waals surface area contributed by atoms with E-state index in [1.807, 2.05) is 7.05 Å². The van der Waals surface area contributed by atoms with Crippen molar-refractivity contribution in [1.29, 1.82) is 0 Å². The van der Waals surface area contributed by atoms with Gasteiger partial charge in [-0.1, -0.05) is 13.8 Å². The van der Waals surface area contributed by atoms with Gasteiger partial charge in [0, 0.05) is 32.0 Å². The van der Waals surface area contributed by atoms with Crippen LogP contribution in [0.25, 0.3) is 0 Å². The fourth-order valence-corrected chi connectivity index (χ4v) is 1.83. The number of aromatic nitrogens is 1. The number of rotatable bonds is 6. The summed E-state index contributed by atoms with van der Waals surface area (Å²) in [6.07, 6.45) is 2.23. The van der Waals surface area contributed by atoms with Crippen molar-refractivity contribution in [2.24, 2.45) is 7.05 Å². The summed E-state index contributed by atoms with van der Waals surface area (Å²) in [4.78, 5) is 2.43. The molecular weight excluding hydrogens is 186 g/mol. The van der Waals surface area contributed by atoms with Gasteiger partial charge in [-0.3, -0.25) is 4.90 Å². The number of nitrogens with zero attached hydrogens (tertiary/aromatic N) is 2. The highest BCUT2D eigenvalue weighted by Crippen LogP contribution is 2.09. The van der Waals surface area contributed by atoms with E-state index in [1.54, 1.807) is 0 Å². The molecule has 3 nitrogen and oxygen atoms in total. The second-order valence-electron chi connectivity index (χ2n) is 3.94. The average molecular weight is 209 g/mol. The van der Waals surface area contributed by atoms with E-state index in [0.717, 1.165) is 26.2 Å². The molecule has 15 heavy (non-hydrogen) atoms. The molecule has 0 fully saturated rings. The van der Waals surface area contributed by atoms with E-state index >= 15 is 0 Å². The van der Waals surface area contributed by atoms with Crippen LogP contribution in [0.2, 0.25) is 0 Å². The Labute approximate surface area is 93.1 Å². The first-order chi connectivity index (χ1) is 7.21. The minimum absolute atomic E-state index is 0.939. The quantitative estimate of drug-likeness (QED) is 0.767. The zero-order valence-corrected chi connectivity index (χ0v) is 10.4. The summed E-state index contributed by atoms with van der Waals surface area (Å²) in [7, 11) is 4.09. The number of hydrogen-bond acceptors (Lipinski definition) is 2. The Morgan fingerprint density at radius 3 is 2.53 bits per heavy atom. The van der Waals surface area contributed by atoms with E-state index in [4.69, 9.17) is 0 Å². The standard InChI is InChI=1S/C12H23N3/c1-5-15(6-2)10-11-7-12(8-13-3)14(4)9-11/h7,9,13H,5-6,8,10H2,1-4H3. The van der Waals surface area contributed by atoms with Crippen molar-refractivity contribution in [1.82, 2.24) is 14.8 Å². The number of aryl methyl sites for hydroxylation is 1. The lowest BCUT2D eigenvalue weighted by Crippen LogP contribution is -2.21. The predicted molar refractivity (Wildman–Crippen MR) is 64.8 cm³/mol. The van der Waals surface area contributed by atoms with Gasteiger partial charge in [-0.05, 0) is 31.8 Å². The highest BCUT2D eigenvalue weighted by Gasteiger charge is 2.05. The lowest BCUT2D eigenvalue weighted by Gasteiger charge is -2.16. The lowest BCUT2D eigenvalue weighted by atomic mass is 10.3. The average Bonchev–Trinajstić information content (AvgIpc) is 2.57. The molecule has 0 aromatic carbocycles. The van der Waals surface area contributed by atoms with Gasteiger partial charge in [0.05, 0.1) is 0 Å². The molecule has 0 saturated carbocycles. The Morgan fingerprint density at radius 2 is 2.00 bits per heavy atom. The maximum absolute atomic E-state index is 3.19. The van der Waals surface area contributed by atoms with E-state index in [0.29, 0.717) is 0 Å². The summed E-state index contributed by atoms with van der Waals surface area (Å²) in [5, 5.41) is 3.19. The van der Waals surface area contributed by atoms with E-state index in [2.05, 4.69) is 47.9 Å². The highest BCUT2D eigenvalue weighted by molar-refractivity contribution is 5.18. The predicted octanol–water partition coefficient (Wildman–Crippen LogP) is 1.59. The van der Waals surface area contributed by atoms with Crippen molar-refractivity contribution in [3.63, 3.8) is 0 Å².